The van der Waals surface area contributed by atoms with Crippen LogP contribution in [0.15, 0.2) is 53.0 Å². The normalized spacial score (nSPS) is 12.2. The molecule has 1 unspecified atom stereocenters. The summed E-state index contributed by atoms with van der Waals surface area (Å²) in [7, 11) is 0. The number of benzene rings is 2. The van der Waals surface area contributed by atoms with Gasteiger partial charge in [-0.1, -0.05) is 51.8 Å². The summed E-state index contributed by atoms with van der Waals surface area (Å²) in [5.41, 5.74) is 1.82. The molecule has 2 aromatic rings. The minimum absolute atomic E-state index is 0.00166. The molecule has 0 aliphatic rings. The highest BCUT2D eigenvalue weighted by Gasteiger charge is 2.11. The van der Waals surface area contributed by atoms with Crippen LogP contribution in [0.4, 0.5) is 5.69 Å². The zero-order valence-electron chi connectivity index (χ0n) is 9.61. The summed E-state index contributed by atoms with van der Waals surface area (Å²) in [6.07, 6.45) is 0. The van der Waals surface area contributed by atoms with Gasteiger partial charge in [-0.25, -0.2) is 0 Å². The SMILES string of the molecule is OCC(Nc1ccccc1Cl)c1cccc(Br)c1. The maximum absolute atomic E-state index is 9.50. The van der Waals surface area contributed by atoms with Gasteiger partial charge in [0.2, 0.25) is 0 Å². The zero-order chi connectivity index (χ0) is 13.0. The van der Waals surface area contributed by atoms with Crippen LogP contribution in [0.3, 0.4) is 0 Å². The summed E-state index contributed by atoms with van der Waals surface area (Å²) < 4.78 is 0.986. The van der Waals surface area contributed by atoms with Gasteiger partial charge in [-0.15, -0.1) is 0 Å². The number of nitrogens with one attached hydrogen (secondary N) is 1. The van der Waals surface area contributed by atoms with Gasteiger partial charge in [-0.3, -0.25) is 0 Å². The Balaban J connectivity index is 2.23. The molecule has 0 spiro atoms. The van der Waals surface area contributed by atoms with Crippen molar-refractivity contribution in [2.75, 3.05) is 11.9 Å². The van der Waals surface area contributed by atoms with Crippen molar-refractivity contribution in [1.29, 1.82) is 0 Å². The number of anilines is 1. The fourth-order valence-corrected chi connectivity index (χ4v) is 2.33. The minimum Gasteiger partial charge on any atom is -0.394 e. The van der Waals surface area contributed by atoms with Crippen molar-refractivity contribution in [3.05, 3.63) is 63.6 Å². The number of hydrogen-bond donors (Lipinski definition) is 2. The Kier molecular flexibility index (Phi) is 4.64. The number of aliphatic hydroxyl groups excluding tert-OH is 1. The molecule has 0 amide bonds. The summed E-state index contributed by atoms with van der Waals surface area (Å²) in [4.78, 5) is 0. The fraction of sp³-hybridized carbons (Fsp3) is 0.143. The number of hydrogen-bond acceptors (Lipinski definition) is 2. The lowest BCUT2D eigenvalue weighted by Crippen LogP contribution is -2.15. The van der Waals surface area contributed by atoms with Gasteiger partial charge in [0.05, 0.1) is 23.4 Å². The van der Waals surface area contributed by atoms with Crippen molar-refractivity contribution < 1.29 is 5.11 Å². The molecule has 18 heavy (non-hydrogen) atoms. The number of aliphatic hydroxyl groups is 1. The van der Waals surface area contributed by atoms with Gasteiger partial charge >= 0.3 is 0 Å². The van der Waals surface area contributed by atoms with Gasteiger partial charge in [0.1, 0.15) is 0 Å². The van der Waals surface area contributed by atoms with E-state index in [0.29, 0.717) is 5.02 Å². The lowest BCUT2D eigenvalue weighted by molar-refractivity contribution is 0.276. The van der Waals surface area contributed by atoms with Gasteiger partial charge in [-0.05, 0) is 29.8 Å². The first kappa shape index (κ1) is 13.4. The number of halogens is 2. The largest absolute Gasteiger partial charge is 0.394 e. The van der Waals surface area contributed by atoms with Crippen LogP contribution in [0.25, 0.3) is 0 Å². The number of rotatable bonds is 4. The Labute approximate surface area is 120 Å². The molecule has 2 aromatic carbocycles. The summed E-state index contributed by atoms with van der Waals surface area (Å²) >= 11 is 9.51. The van der Waals surface area contributed by atoms with E-state index in [1.54, 1.807) is 0 Å². The Morgan fingerprint density at radius 3 is 2.61 bits per heavy atom. The third-order valence-electron chi connectivity index (χ3n) is 2.64. The maximum atomic E-state index is 9.50. The molecular weight excluding hydrogens is 314 g/mol. The molecule has 0 aliphatic heterocycles. The van der Waals surface area contributed by atoms with Gasteiger partial charge in [0, 0.05) is 4.47 Å². The van der Waals surface area contributed by atoms with Gasteiger partial charge in [0.15, 0.2) is 0 Å². The van der Waals surface area contributed by atoms with E-state index in [4.69, 9.17) is 11.6 Å². The highest BCUT2D eigenvalue weighted by Crippen LogP contribution is 2.26. The van der Waals surface area contributed by atoms with Crippen molar-refractivity contribution in [2.24, 2.45) is 0 Å². The Morgan fingerprint density at radius 2 is 1.94 bits per heavy atom. The average Bonchev–Trinajstić information content (AvgIpc) is 2.38. The molecule has 0 aliphatic carbocycles. The average molecular weight is 327 g/mol. The summed E-state index contributed by atoms with van der Waals surface area (Å²) in [6, 6.07) is 15.2. The van der Waals surface area contributed by atoms with E-state index in [2.05, 4.69) is 21.2 Å². The van der Waals surface area contributed by atoms with E-state index in [9.17, 15) is 5.11 Å². The first-order chi connectivity index (χ1) is 8.70. The molecule has 0 saturated carbocycles. The van der Waals surface area contributed by atoms with Crippen molar-refractivity contribution in [3.63, 3.8) is 0 Å². The maximum Gasteiger partial charge on any atom is 0.0745 e. The van der Waals surface area contributed by atoms with Crippen LogP contribution in [0, 0.1) is 0 Å². The molecule has 4 heteroatoms. The molecule has 2 N–H and O–H groups in total. The van der Waals surface area contributed by atoms with Crippen molar-refractivity contribution in [3.8, 4) is 0 Å². The van der Waals surface area contributed by atoms with Gasteiger partial charge < -0.3 is 10.4 Å². The summed E-state index contributed by atoms with van der Waals surface area (Å²) in [5, 5.41) is 13.4. The second-order valence-electron chi connectivity index (χ2n) is 3.91. The fourth-order valence-electron chi connectivity index (χ4n) is 1.72. The van der Waals surface area contributed by atoms with Crippen LogP contribution >= 0.6 is 27.5 Å². The smallest absolute Gasteiger partial charge is 0.0745 e. The second kappa shape index (κ2) is 6.23. The predicted octanol–water partition coefficient (Wildman–Crippen LogP) is 4.25. The molecule has 94 valence electrons. The quantitative estimate of drug-likeness (QED) is 0.880. The minimum atomic E-state index is -0.178. The standard InChI is InChI=1S/C14H13BrClNO/c15-11-5-3-4-10(8-11)14(9-18)17-13-7-2-1-6-12(13)16/h1-8,14,17-18H,9H2. The molecule has 1 atom stereocenters. The van der Waals surface area contributed by atoms with Crippen LogP contribution in [0.2, 0.25) is 5.02 Å². The third-order valence-corrected chi connectivity index (χ3v) is 3.46. The zero-order valence-corrected chi connectivity index (χ0v) is 11.9. The molecule has 0 saturated heterocycles. The second-order valence-corrected chi connectivity index (χ2v) is 5.24. The first-order valence-electron chi connectivity index (χ1n) is 5.58. The number of para-hydroxylation sites is 1. The van der Waals surface area contributed by atoms with E-state index in [1.807, 2.05) is 48.5 Å². The van der Waals surface area contributed by atoms with Crippen molar-refractivity contribution >= 4 is 33.2 Å². The van der Waals surface area contributed by atoms with E-state index < -0.39 is 0 Å². The molecule has 0 fully saturated rings. The lowest BCUT2D eigenvalue weighted by Gasteiger charge is -2.19. The van der Waals surface area contributed by atoms with Gasteiger partial charge in [-0.2, -0.15) is 0 Å². The van der Waals surface area contributed by atoms with Crippen LogP contribution in [0.1, 0.15) is 11.6 Å². The summed E-state index contributed by atoms with van der Waals surface area (Å²) in [6.45, 7) is 0.00166. The Morgan fingerprint density at radius 1 is 1.17 bits per heavy atom. The van der Waals surface area contributed by atoms with E-state index in [1.165, 1.54) is 0 Å². The van der Waals surface area contributed by atoms with Crippen LogP contribution in [0.5, 0.6) is 0 Å². The predicted molar refractivity (Wildman–Crippen MR) is 79.0 cm³/mol. The molecule has 0 radical (unpaired) electrons. The highest BCUT2D eigenvalue weighted by molar-refractivity contribution is 9.10. The Hall–Kier alpha value is -1.03. The molecule has 0 bridgehead atoms. The molecule has 0 heterocycles. The Bertz CT molecular complexity index is 533. The highest BCUT2D eigenvalue weighted by atomic mass is 79.9. The third kappa shape index (κ3) is 3.25. The lowest BCUT2D eigenvalue weighted by atomic mass is 10.1. The van der Waals surface area contributed by atoms with Crippen molar-refractivity contribution in [2.45, 2.75) is 6.04 Å². The van der Waals surface area contributed by atoms with Crippen LogP contribution < -0.4 is 5.32 Å². The molecule has 2 nitrogen and oxygen atoms in total. The van der Waals surface area contributed by atoms with Gasteiger partial charge in [0.25, 0.3) is 0 Å². The first-order valence-corrected chi connectivity index (χ1v) is 6.75. The van der Waals surface area contributed by atoms with E-state index in [0.717, 1.165) is 15.7 Å². The topological polar surface area (TPSA) is 32.3 Å². The van der Waals surface area contributed by atoms with Crippen LogP contribution in [-0.2, 0) is 0 Å². The molecular formula is C14H13BrClNO. The summed E-state index contributed by atoms with van der Waals surface area (Å²) in [5.74, 6) is 0. The van der Waals surface area contributed by atoms with E-state index in [-0.39, 0.29) is 12.6 Å². The van der Waals surface area contributed by atoms with Crippen molar-refractivity contribution in [1.82, 2.24) is 0 Å². The molecule has 0 aromatic heterocycles. The van der Waals surface area contributed by atoms with Crippen LogP contribution in [-0.4, -0.2) is 11.7 Å². The molecule has 2 rings (SSSR count). The monoisotopic (exact) mass is 325 g/mol. The van der Waals surface area contributed by atoms with E-state index >= 15 is 0 Å².